The number of carbonyl (C=O) groups excluding carboxylic acids is 1. The molecule has 0 bridgehead atoms. The molecule has 1 aromatic heterocycles. The second-order valence-corrected chi connectivity index (χ2v) is 6.78. The Kier molecular flexibility index (Phi) is 4.61. The molecule has 1 amide bonds. The topological polar surface area (TPSA) is 56.2 Å². The lowest BCUT2D eigenvalue weighted by Gasteiger charge is -2.16. The van der Waals surface area contributed by atoms with E-state index in [1.807, 2.05) is 55.5 Å². The highest BCUT2D eigenvalue weighted by Crippen LogP contribution is 2.30. The van der Waals surface area contributed by atoms with Gasteiger partial charge in [0.1, 0.15) is 18.2 Å². The first kappa shape index (κ1) is 16.6. The second-order valence-electron chi connectivity index (χ2n) is 6.78. The maximum absolute atomic E-state index is 12.1. The molecule has 1 unspecified atom stereocenters. The molecule has 4 rings (SSSR count). The van der Waals surface area contributed by atoms with E-state index in [4.69, 9.17) is 9.72 Å². The molecule has 0 radical (unpaired) electrons. The molecule has 0 spiro atoms. The SMILES string of the molecule is CC(NC(=O)C1CC1)c1nc2ccccc2n1CCOc1ccccc1. The highest BCUT2D eigenvalue weighted by molar-refractivity contribution is 5.81. The molecule has 1 heterocycles. The molecule has 2 aromatic carbocycles. The second kappa shape index (κ2) is 7.20. The minimum absolute atomic E-state index is 0.132. The van der Waals surface area contributed by atoms with Gasteiger partial charge in [-0.2, -0.15) is 0 Å². The Labute approximate surface area is 153 Å². The van der Waals surface area contributed by atoms with E-state index in [2.05, 4.69) is 16.0 Å². The van der Waals surface area contributed by atoms with E-state index in [-0.39, 0.29) is 17.9 Å². The number of nitrogens with one attached hydrogen (secondary N) is 1. The van der Waals surface area contributed by atoms with E-state index in [0.717, 1.165) is 35.4 Å². The first-order valence-electron chi connectivity index (χ1n) is 9.16. The summed E-state index contributed by atoms with van der Waals surface area (Å²) in [7, 11) is 0. The summed E-state index contributed by atoms with van der Waals surface area (Å²) in [6.07, 6.45) is 2.00. The number of carbonyl (C=O) groups is 1. The van der Waals surface area contributed by atoms with E-state index in [9.17, 15) is 4.79 Å². The van der Waals surface area contributed by atoms with Crippen molar-refractivity contribution in [3.8, 4) is 5.75 Å². The van der Waals surface area contributed by atoms with Gasteiger partial charge in [-0.25, -0.2) is 4.98 Å². The highest BCUT2D eigenvalue weighted by Gasteiger charge is 2.31. The zero-order valence-electron chi connectivity index (χ0n) is 14.9. The monoisotopic (exact) mass is 349 g/mol. The number of imidazole rings is 1. The molecule has 1 aliphatic carbocycles. The molecule has 134 valence electrons. The molecule has 1 N–H and O–H groups in total. The van der Waals surface area contributed by atoms with Crippen LogP contribution < -0.4 is 10.1 Å². The van der Waals surface area contributed by atoms with Crippen molar-refractivity contribution in [2.75, 3.05) is 6.61 Å². The van der Waals surface area contributed by atoms with Crippen molar-refractivity contribution in [1.82, 2.24) is 14.9 Å². The zero-order valence-corrected chi connectivity index (χ0v) is 14.9. The van der Waals surface area contributed by atoms with Crippen molar-refractivity contribution < 1.29 is 9.53 Å². The Morgan fingerprint density at radius 2 is 1.92 bits per heavy atom. The van der Waals surface area contributed by atoms with Crippen LogP contribution in [0.1, 0.15) is 31.6 Å². The molecule has 1 saturated carbocycles. The van der Waals surface area contributed by atoms with E-state index in [0.29, 0.717) is 13.2 Å². The van der Waals surface area contributed by atoms with Gasteiger partial charge in [-0.3, -0.25) is 4.79 Å². The molecular formula is C21H23N3O2. The summed E-state index contributed by atoms with van der Waals surface area (Å²) in [5.74, 6) is 2.05. The van der Waals surface area contributed by atoms with E-state index >= 15 is 0 Å². The van der Waals surface area contributed by atoms with Gasteiger partial charge in [-0.1, -0.05) is 30.3 Å². The Bertz CT molecular complexity index is 900. The maximum Gasteiger partial charge on any atom is 0.223 e. The van der Waals surface area contributed by atoms with Crippen LogP contribution in [0.5, 0.6) is 5.75 Å². The number of para-hydroxylation sites is 3. The van der Waals surface area contributed by atoms with Crippen molar-refractivity contribution in [2.24, 2.45) is 5.92 Å². The average Bonchev–Trinajstić information content (AvgIpc) is 3.45. The van der Waals surface area contributed by atoms with Crippen LogP contribution in [0, 0.1) is 5.92 Å². The predicted molar refractivity (Wildman–Crippen MR) is 101 cm³/mol. The predicted octanol–water partition coefficient (Wildman–Crippen LogP) is 3.70. The van der Waals surface area contributed by atoms with Crippen molar-refractivity contribution in [1.29, 1.82) is 0 Å². The zero-order chi connectivity index (χ0) is 17.9. The van der Waals surface area contributed by atoms with Gasteiger partial charge in [0.25, 0.3) is 0 Å². The number of benzene rings is 2. The van der Waals surface area contributed by atoms with E-state index in [1.54, 1.807) is 0 Å². The minimum Gasteiger partial charge on any atom is -0.492 e. The number of hydrogen-bond donors (Lipinski definition) is 1. The lowest BCUT2D eigenvalue weighted by atomic mass is 10.2. The third-order valence-corrected chi connectivity index (χ3v) is 4.71. The minimum atomic E-state index is -0.132. The number of amides is 1. The molecule has 5 heteroatoms. The first-order valence-corrected chi connectivity index (χ1v) is 9.16. The fourth-order valence-electron chi connectivity index (χ4n) is 3.17. The van der Waals surface area contributed by atoms with Crippen LogP contribution in [0.15, 0.2) is 54.6 Å². The van der Waals surface area contributed by atoms with Gasteiger partial charge in [-0.15, -0.1) is 0 Å². The largest absolute Gasteiger partial charge is 0.492 e. The molecule has 5 nitrogen and oxygen atoms in total. The third-order valence-electron chi connectivity index (χ3n) is 4.71. The van der Waals surface area contributed by atoms with Crippen LogP contribution in [0.25, 0.3) is 11.0 Å². The van der Waals surface area contributed by atoms with Crippen LogP contribution in [0.2, 0.25) is 0 Å². The van der Waals surface area contributed by atoms with Gasteiger partial charge in [0.2, 0.25) is 5.91 Å². The first-order chi connectivity index (χ1) is 12.7. The van der Waals surface area contributed by atoms with Gasteiger partial charge in [-0.05, 0) is 44.0 Å². The molecule has 0 saturated heterocycles. The smallest absolute Gasteiger partial charge is 0.223 e. The van der Waals surface area contributed by atoms with Crippen LogP contribution in [0.3, 0.4) is 0 Å². The summed E-state index contributed by atoms with van der Waals surface area (Å²) in [4.78, 5) is 16.9. The fraction of sp³-hybridized carbons (Fsp3) is 0.333. The maximum atomic E-state index is 12.1. The van der Waals surface area contributed by atoms with Crippen LogP contribution in [-0.4, -0.2) is 22.1 Å². The molecule has 3 aromatic rings. The van der Waals surface area contributed by atoms with Crippen molar-refractivity contribution >= 4 is 16.9 Å². The summed E-state index contributed by atoms with van der Waals surface area (Å²) < 4.78 is 8.01. The highest BCUT2D eigenvalue weighted by atomic mass is 16.5. The lowest BCUT2D eigenvalue weighted by Crippen LogP contribution is -2.30. The molecule has 0 aliphatic heterocycles. The number of hydrogen-bond acceptors (Lipinski definition) is 3. The summed E-state index contributed by atoms with van der Waals surface area (Å²) in [5, 5.41) is 3.10. The van der Waals surface area contributed by atoms with Crippen molar-refractivity contribution in [2.45, 2.75) is 32.4 Å². The number of ether oxygens (including phenoxy) is 1. The third kappa shape index (κ3) is 3.57. The quantitative estimate of drug-likeness (QED) is 0.707. The summed E-state index contributed by atoms with van der Waals surface area (Å²) in [6.45, 7) is 3.21. The fourth-order valence-corrected chi connectivity index (χ4v) is 3.17. The van der Waals surface area contributed by atoms with E-state index < -0.39 is 0 Å². The van der Waals surface area contributed by atoms with Crippen LogP contribution >= 0.6 is 0 Å². The van der Waals surface area contributed by atoms with E-state index in [1.165, 1.54) is 0 Å². The number of rotatable bonds is 7. The summed E-state index contributed by atoms with van der Waals surface area (Å²) >= 11 is 0. The number of nitrogens with zero attached hydrogens (tertiary/aromatic N) is 2. The average molecular weight is 349 g/mol. The molecular weight excluding hydrogens is 326 g/mol. The number of fused-ring (bicyclic) bond motifs is 1. The van der Waals surface area contributed by atoms with Crippen molar-refractivity contribution in [3.05, 3.63) is 60.4 Å². The van der Waals surface area contributed by atoms with Crippen LogP contribution in [0.4, 0.5) is 0 Å². The summed E-state index contributed by atoms with van der Waals surface area (Å²) in [6, 6.07) is 17.7. The van der Waals surface area contributed by atoms with Gasteiger partial charge >= 0.3 is 0 Å². The van der Waals surface area contributed by atoms with Gasteiger partial charge < -0.3 is 14.6 Å². The van der Waals surface area contributed by atoms with Gasteiger partial charge in [0.15, 0.2) is 0 Å². The normalized spacial score (nSPS) is 15.0. The Morgan fingerprint density at radius 1 is 1.19 bits per heavy atom. The molecule has 1 aliphatic rings. The number of aromatic nitrogens is 2. The molecule has 26 heavy (non-hydrogen) atoms. The van der Waals surface area contributed by atoms with Crippen LogP contribution in [-0.2, 0) is 11.3 Å². The molecule has 1 fully saturated rings. The molecule has 1 atom stereocenters. The lowest BCUT2D eigenvalue weighted by molar-refractivity contribution is -0.123. The van der Waals surface area contributed by atoms with Gasteiger partial charge in [0, 0.05) is 5.92 Å². The van der Waals surface area contributed by atoms with Gasteiger partial charge in [0.05, 0.1) is 23.6 Å². The summed E-state index contributed by atoms with van der Waals surface area (Å²) in [5.41, 5.74) is 2.00. The van der Waals surface area contributed by atoms with Crippen molar-refractivity contribution in [3.63, 3.8) is 0 Å². The Hall–Kier alpha value is -2.82. The standard InChI is InChI=1S/C21H23N3O2/c1-15(22-21(25)16-11-12-16)20-23-18-9-5-6-10-19(18)24(20)13-14-26-17-7-3-2-4-8-17/h2-10,15-16H,11-14H2,1H3,(H,22,25). The Balaban J connectivity index is 1.53. The Morgan fingerprint density at radius 3 is 2.69 bits per heavy atom.